The molecule has 5 aromatic rings. The second kappa shape index (κ2) is 13.3. The van der Waals surface area contributed by atoms with E-state index in [1.54, 1.807) is 18.2 Å². The minimum absolute atomic E-state index is 0.0271. The van der Waals surface area contributed by atoms with Crippen LogP contribution in [-0.4, -0.2) is 75.2 Å². The summed E-state index contributed by atoms with van der Waals surface area (Å²) in [6.07, 6.45) is 1.39. The van der Waals surface area contributed by atoms with Crippen LogP contribution in [0.1, 0.15) is 36.8 Å². The van der Waals surface area contributed by atoms with E-state index in [4.69, 9.17) is 37.4 Å². The predicted octanol–water partition coefficient (Wildman–Crippen LogP) is 6.31. The molecule has 0 aliphatic carbocycles. The predicted molar refractivity (Wildman–Crippen MR) is 182 cm³/mol. The van der Waals surface area contributed by atoms with Gasteiger partial charge in [0.05, 0.1) is 33.1 Å². The number of aryl methyl sites for hydroxylation is 1. The number of halogens is 2. The van der Waals surface area contributed by atoms with Crippen molar-refractivity contribution in [3.8, 4) is 23.1 Å². The Balaban J connectivity index is 0.975. The molecular weight excluding hydrogens is 673 g/mol. The lowest BCUT2D eigenvalue weighted by atomic mass is 10.1. The summed E-state index contributed by atoms with van der Waals surface area (Å²) in [4.78, 5) is 46.5. The van der Waals surface area contributed by atoms with Crippen molar-refractivity contribution in [3.05, 3.63) is 105 Å². The second-order valence-corrected chi connectivity index (χ2v) is 12.4. The van der Waals surface area contributed by atoms with E-state index in [9.17, 15) is 19.5 Å². The molecule has 2 aliphatic heterocycles. The molecule has 2 aliphatic rings. The van der Waals surface area contributed by atoms with E-state index in [1.165, 1.54) is 12.3 Å². The van der Waals surface area contributed by atoms with Crippen LogP contribution in [0.2, 0.25) is 10.0 Å². The van der Waals surface area contributed by atoms with Gasteiger partial charge in [-0.3, -0.25) is 14.5 Å². The third kappa shape index (κ3) is 6.71. The largest absolute Gasteiger partial charge is 0.478 e. The molecule has 1 saturated heterocycles. The maximum atomic E-state index is 13.6. The molecule has 49 heavy (non-hydrogen) atoms. The number of benzene rings is 3. The van der Waals surface area contributed by atoms with E-state index < -0.39 is 11.9 Å². The van der Waals surface area contributed by atoms with E-state index in [2.05, 4.69) is 15.2 Å². The van der Waals surface area contributed by atoms with E-state index >= 15 is 0 Å². The topological polar surface area (TPSA) is 135 Å². The van der Waals surface area contributed by atoms with Crippen LogP contribution in [0.15, 0.2) is 72.9 Å². The number of carboxylic acids is 1. The average molecular weight is 703 g/mol. The number of aromatic carboxylic acids is 1. The van der Waals surface area contributed by atoms with Gasteiger partial charge >= 0.3 is 5.97 Å². The zero-order valence-electron chi connectivity index (χ0n) is 26.1. The zero-order chi connectivity index (χ0) is 34.2. The van der Waals surface area contributed by atoms with E-state index in [0.717, 1.165) is 53.7 Å². The summed E-state index contributed by atoms with van der Waals surface area (Å²) in [6, 6.07) is 18.9. The van der Waals surface area contributed by atoms with Crippen LogP contribution < -0.4 is 19.5 Å². The molecule has 0 atom stereocenters. The van der Waals surface area contributed by atoms with Crippen molar-refractivity contribution in [2.75, 3.05) is 38.3 Å². The van der Waals surface area contributed by atoms with Crippen LogP contribution in [0.4, 0.5) is 5.69 Å². The van der Waals surface area contributed by atoms with Gasteiger partial charge < -0.3 is 34.1 Å². The average Bonchev–Trinajstić information content (AvgIpc) is 3.70. The van der Waals surface area contributed by atoms with Crippen molar-refractivity contribution in [2.45, 2.75) is 6.54 Å². The maximum Gasteiger partial charge on any atom is 0.336 e. The summed E-state index contributed by atoms with van der Waals surface area (Å²) >= 11 is 11.9. The number of piperazine rings is 1. The normalized spacial score (nSPS) is 14.2. The fourth-order valence-electron chi connectivity index (χ4n) is 5.91. The number of hydrogen-bond acceptors (Lipinski definition) is 8. The number of amides is 2. The molecule has 0 radical (unpaired) electrons. The number of anilines is 1. The summed E-state index contributed by atoms with van der Waals surface area (Å²) in [5, 5.41) is 13.0. The quantitative estimate of drug-likeness (QED) is 0.191. The number of hydrogen-bond donors (Lipinski definition) is 2. The number of nitrogens with one attached hydrogen (secondary N) is 1. The highest BCUT2D eigenvalue weighted by atomic mass is 35.5. The molecule has 4 heterocycles. The number of nitrogens with zero attached hydrogens (tertiary/aromatic N) is 4. The molecule has 0 spiro atoms. The molecule has 2 aromatic heterocycles. The number of carbonyl (C=O) groups excluding carboxylic acids is 2. The molecule has 0 bridgehead atoms. The van der Waals surface area contributed by atoms with Gasteiger partial charge in [-0.15, -0.1) is 0 Å². The molecule has 2 N–H and O–H groups in total. The Labute approximate surface area is 290 Å². The molecule has 2 amide bonds. The molecule has 0 unspecified atom stereocenters. The minimum atomic E-state index is -1.31. The van der Waals surface area contributed by atoms with E-state index in [1.807, 2.05) is 52.9 Å². The Morgan fingerprint density at radius 3 is 2.39 bits per heavy atom. The number of carboxylic acid groups (broad SMARTS) is 1. The first kappa shape index (κ1) is 32.3. The van der Waals surface area contributed by atoms with Gasteiger partial charge in [-0.25, -0.2) is 9.78 Å². The lowest BCUT2D eigenvalue weighted by molar-refractivity contribution is 0.0618. The summed E-state index contributed by atoms with van der Waals surface area (Å²) in [5.41, 5.74) is 2.50. The van der Waals surface area contributed by atoms with Crippen LogP contribution in [0.5, 0.6) is 23.1 Å². The first-order valence-corrected chi connectivity index (χ1v) is 16.1. The summed E-state index contributed by atoms with van der Waals surface area (Å²) < 4.78 is 18.8. The van der Waals surface area contributed by atoms with Gasteiger partial charge in [-0.1, -0.05) is 29.3 Å². The third-order valence-electron chi connectivity index (χ3n) is 8.49. The summed E-state index contributed by atoms with van der Waals surface area (Å²) in [7, 11) is 1.87. The van der Waals surface area contributed by atoms with E-state index in [-0.39, 0.29) is 39.8 Å². The van der Waals surface area contributed by atoms with Crippen molar-refractivity contribution < 1.29 is 33.7 Å². The Morgan fingerprint density at radius 1 is 0.898 bits per heavy atom. The van der Waals surface area contributed by atoms with Gasteiger partial charge in [0.25, 0.3) is 11.8 Å². The summed E-state index contributed by atoms with van der Waals surface area (Å²) in [6.45, 7) is 3.78. The fourth-order valence-corrected chi connectivity index (χ4v) is 6.24. The van der Waals surface area contributed by atoms with Crippen LogP contribution in [-0.2, 0) is 13.6 Å². The van der Waals surface area contributed by atoms with Crippen LogP contribution in [0.3, 0.4) is 0 Å². The smallest absolute Gasteiger partial charge is 0.336 e. The SMILES string of the molecule is Cn1c(C(=O)N2CCN(Cc3ccc4c(c3)OCO4)CC2)cc2cc(Oc3ccc(NC(=O)c4cc(Cl)c(Cl)cc4C(=O)O)cn3)ccc21. The first-order chi connectivity index (χ1) is 23.6. The fraction of sp³-hybridized carbons (Fsp3) is 0.200. The summed E-state index contributed by atoms with van der Waals surface area (Å²) in [5.74, 6) is 0.290. The highest BCUT2D eigenvalue weighted by Crippen LogP contribution is 2.33. The molecule has 14 heteroatoms. The number of pyridine rings is 1. The monoisotopic (exact) mass is 701 g/mol. The van der Waals surface area contributed by atoms with Crippen LogP contribution in [0.25, 0.3) is 10.9 Å². The van der Waals surface area contributed by atoms with Crippen molar-refractivity contribution in [2.24, 2.45) is 7.05 Å². The highest BCUT2D eigenvalue weighted by Gasteiger charge is 2.26. The van der Waals surface area contributed by atoms with Crippen molar-refractivity contribution >= 4 is 57.6 Å². The minimum Gasteiger partial charge on any atom is -0.478 e. The molecule has 250 valence electrons. The maximum absolute atomic E-state index is 13.6. The number of carbonyl (C=O) groups is 3. The van der Waals surface area contributed by atoms with Gasteiger partial charge in [-0.05, 0) is 60.2 Å². The van der Waals surface area contributed by atoms with Crippen molar-refractivity contribution in [3.63, 3.8) is 0 Å². The van der Waals surface area contributed by atoms with Gasteiger partial charge in [0.15, 0.2) is 11.5 Å². The molecule has 0 saturated carbocycles. The van der Waals surface area contributed by atoms with Gasteiger partial charge in [0.1, 0.15) is 11.4 Å². The Hall–Kier alpha value is -5.30. The molecule has 3 aromatic carbocycles. The van der Waals surface area contributed by atoms with Crippen LogP contribution in [0, 0.1) is 0 Å². The van der Waals surface area contributed by atoms with Gasteiger partial charge in [0, 0.05) is 56.7 Å². The number of aromatic nitrogens is 2. The first-order valence-electron chi connectivity index (χ1n) is 15.3. The molecule has 12 nitrogen and oxygen atoms in total. The number of ether oxygens (including phenoxy) is 3. The molecule has 1 fully saturated rings. The Bertz CT molecular complexity index is 2110. The highest BCUT2D eigenvalue weighted by molar-refractivity contribution is 6.42. The Morgan fingerprint density at radius 2 is 1.65 bits per heavy atom. The lowest BCUT2D eigenvalue weighted by Gasteiger charge is -2.34. The van der Waals surface area contributed by atoms with Gasteiger partial charge in [0.2, 0.25) is 12.7 Å². The molecule has 7 rings (SSSR count). The van der Waals surface area contributed by atoms with E-state index in [0.29, 0.717) is 30.2 Å². The Kier molecular flexibility index (Phi) is 8.76. The molecular formula is C35H29Cl2N5O7. The lowest BCUT2D eigenvalue weighted by Crippen LogP contribution is -2.48. The van der Waals surface area contributed by atoms with Crippen LogP contribution >= 0.6 is 23.2 Å². The zero-order valence-corrected chi connectivity index (χ0v) is 27.6. The number of fused-ring (bicyclic) bond motifs is 2. The van der Waals surface area contributed by atoms with Crippen molar-refractivity contribution in [1.82, 2.24) is 19.4 Å². The van der Waals surface area contributed by atoms with Crippen molar-refractivity contribution in [1.29, 1.82) is 0 Å². The standard InChI is InChI=1S/C35H29Cl2N5O7/c1-40-28-5-4-23(49-32-7-3-22(17-38-32)39-33(43)24-15-26(36)27(37)16-25(24)35(45)46)13-21(28)14-29(40)34(44)42-10-8-41(9-11-42)18-20-2-6-30-31(12-20)48-19-47-30/h2-7,12-17H,8-11,18-19H2,1H3,(H,39,43)(H,45,46). The third-order valence-corrected chi connectivity index (χ3v) is 9.21. The number of rotatable bonds is 8. The van der Waals surface area contributed by atoms with Gasteiger partial charge in [-0.2, -0.15) is 0 Å². The second-order valence-electron chi connectivity index (χ2n) is 11.6.